The Kier molecular flexibility index (Phi) is 5.02. The van der Waals surface area contributed by atoms with E-state index >= 15 is 0 Å². The van der Waals surface area contributed by atoms with Crippen LogP contribution in [-0.2, 0) is 7.05 Å². The predicted octanol–water partition coefficient (Wildman–Crippen LogP) is 1.13. The zero-order valence-corrected chi connectivity index (χ0v) is 13.2. The number of piperazine rings is 1. The Bertz CT molecular complexity index is 713. The summed E-state index contributed by atoms with van der Waals surface area (Å²) >= 11 is 0. The molecule has 0 aromatic carbocycles. The highest BCUT2D eigenvalue weighted by Crippen LogP contribution is 2.24. The van der Waals surface area contributed by atoms with E-state index in [1.807, 2.05) is 17.8 Å². The van der Waals surface area contributed by atoms with E-state index in [1.165, 1.54) is 12.1 Å². The van der Waals surface area contributed by atoms with Gasteiger partial charge in [0.25, 0.3) is 5.91 Å². The summed E-state index contributed by atoms with van der Waals surface area (Å²) in [5.74, 6) is -0.0935. The number of imidazole rings is 1. The summed E-state index contributed by atoms with van der Waals surface area (Å²) in [6, 6.07) is 2.27. The maximum Gasteiger partial charge on any atom is 0.433 e. The predicted molar refractivity (Wildman–Crippen MR) is 82.5 cm³/mol. The molecule has 1 aliphatic rings. The van der Waals surface area contributed by atoms with Crippen LogP contribution >= 0.6 is 12.4 Å². The van der Waals surface area contributed by atoms with Gasteiger partial charge in [0.1, 0.15) is 16.8 Å². The van der Waals surface area contributed by atoms with Crippen molar-refractivity contribution in [2.75, 3.05) is 19.6 Å². The lowest BCUT2D eigenvalue weighted by atomic mass is 10.1. The molecule has 2 aromatic heterocycles. The second kappa shape index (κ2) is 6.80. The van der Waals surface area contributed by atoms with Crippen molar-refractivity contribution >= 4 is 24.2 Å². The first-order valence-corrected chi connectivity index (χ1v) is 6.81. The zero-order chi connectivity index (χ0) is 15.7. The summed E-state index contributed by atoms with van der Waals surface area (Å²) < 4.78 is 6.87. The molecule has 0 aliphatic carbocycles. The first kappa shape index (κ1) is 17.0. The smallest absolute Gasteiger partial charge is 0.395 e. The highest BCUT2D eigenvalue weighted by Gasteiger charge is 2.33. The summed E-state index contributed by atoms with van der Waals surface area (Å²) in [7, 11) is 1.86. The van der Waals surface area contributed by atoms with E-state index in [0.29, 0.717) is 19.6 Å². The van der Waals surface area contributed by atoms with Crippen LogP contribution in [0.3, 0.4) is 0 Å². The molecule has 1 amide bonds. The fraction of sp³-hybridized carbons (Fsp3) is 0.385. The molecule has 2 aromatic rings. The summed E-state index contributed by atoms with van der Waals surface area (Å²) in [5.41, 5.74) is 0. The Hall–Kier alpha value is -2.39. The number of hydrogen-bond donors (Lipinski definition) is 1. The number of carbonyl (C=O) groups is 1. The molecule has 23 heavy (non-hydrogen) atoms. The third-order valence-corrected chi connectivity index (χ3v) is 3.64. The van der Waals surface area contributed by atoms with Crippen molar-refractivity contribution in [3.05, 3.63) is 46.2 Å². The Morgan fingerprint density at radius 3 is 2.91 bits per heavy atom. The number of hydrogen-bond acceptors (Lipinski definition) is 6. The van der Waals surface area contributed by atoms with Crippen LogP contribution in [0.4, 0.5) is 5.88 Å². The van der Waals surface area contributed by atoms with E-state index in [2.05, 4.69) is 10.3 Å². The average Bonchev–Trinajstić information content (AvgIpc) is 3.15. The van der Waals surface area contributed by atoms with Gasteiger partial charge in [0.05, 0.1) is 6.07 Å². The maximum atomic E-state index is 12.6. The number of halogens is 1. The van der Waals surface area contributed by atoms with Crippen molar-refractivity contribution in [1.82, 2.24) is 19.8 Å². The number of carbonyl (C=O) groups excluding carboxylic acids is 1. The summed E-state index contributed by atoms with van der Waals surface area (Å²) in [5, 5.41) is 13.9. The van der Waals surface area contributed by atoms with Crippen LogP contribution in [-0.4, -0.2) is 44.9 Å². The second-order valence-corrected chi connectivity index (χ2v) is 5.01. The van der Waals surface area contributed by atoms with Crippen molar-refractivity contribution in [3.8, 4) is 0 Å². The van der Waals surface area contributed by atoms with Crippen LogP contribution in [0.5, 0.6) is 0 Å². The molecular formula is C13H16ClN5O4. The van der Waals surface area contributed by atoms with Crippen LogP contribution in [0.1, 0.15) is 22.4 Å². The normalized spacial score (nSPS) is 17.6. The molecule has 0 bridgehead atoms. The quantitative estimate of drug-likeness (QED) is 0.662. The summed E-state index contributed by atoms with van der Waals surface area (Å²) in [6.07, 6.45) is 3.48. The standard InChI is InChI=1S/C13H15N5O4.ClH/c1-16-6-5-15-12(16)9-8-14-4-7-17(9)13(19)10-2-3-11(22-10)18(20)21;/h2-3,5-6,9,14H,4,7-8H2,1H3;1H. The molecule has 3 rings (SSSR count). The molecule has 0 radical (unpaired) electrons. The van der Waals surface area contributed by atoms with Gasteiger partial charge in [0.2, 0.25) is 0 Å². The number of amides is 1. The lowest BCUT2D eigenvalue weighted by Gasteiger charge is -2.35. The van der Waals surface area contributed by atoms with Crippen LogP contribution in [0, 0.1) is 10.1 Å². The molecule has 124 valence electrons. The van der Waals surface area contributed by atoms with Gasteiger partial charge in [-0.15, -0.1) is 12.4 Å². The van der Waals surface area contributed by atoms with Gasteiger partial charge in [-0.2, -0.15) is 0 Å². The van der Waals surface area contributed by atoms with Crippen LogP contribution in [0.15, 0.2) is 28.9 Å². The molecule has 1 unspecified atom stereocenters. The maximum absolute atomic E-state index is 12.6. The number of rotatable bonds is 3. The van der Waals surface area contributed by atoms with E-state index in [0.717, 1.165) is 5.82 Å². The molecule has 0 spiro atoms. The molecule has 1 saturated heterocycles. The minimum Gasteiger partial charge on any atom is -0.395 e. The molecular weight excluding hydrogens is 326 g/mol. The molecule has 0 saturated carbocycles. The number of nitrogens with one attached hydrogen (secondary N) is 1. The van der Waals surface area contributed by atoms with Crippen molar-refractivity contribution in [3.63, 3.8) is 0 Å². The number of aromatic nitrogens is 2. The molecule has 9 nitrogen and oxygen atoms in total. The van der Waals surface area contributed by atoms with Gasteiger partial charge in [-0.3, -0.25) is 14.9 Å². The SMILES string of the molecule is Cl.Cn1ccnc1C1CNCCN1C(=O)c1ccc([N+](=O)[O-])o1. The number of nitrogens with zero attached hydrogens (tertiary/aromatic N) is 4. The Labute approximate surface area is 137 Å². The highest BCUT2D eigenvalue weighted by molar-refractivity contribution is 5.92. The lowest BCUT2D eigenvalue weighted by molar-refractivity contribution is -0.402. The third-order valence-electron chi connectivity index (χ3n) is 3.64. The average molecular weight is 342 g/mol. The Morgan fingerprint density at radius 2 is 2.30 bits per heavy atom. The van der Waals surface area contributed by atoms with E-state index < -0.39 is 10.8 Å². The second-order valence-electron chi connectivity index (χ2n) is 5.01. The van der Waals surface area contributed by atoms with Gasteiger partial charge in [0, 0.05) is 39.1 Å². The summed E-state index contributed by atoms with van der Waals surface area (Å²) in [4.78, 5) is 28.5. The fourth-order valence-electron chi connectivity index (χ4n) is 2.56. The minimum absolute atomic E-state index is 0. The third kappa shape index (κ3) is 3.20. The monoisotopic (exact) mass is 341 g/mol. The van der Waals surface area contributed by atoms with E-state index in [4.69, 9.17) is 4.42 Å². The van der Waals surface area contributed by atoms with Crippen molar-refractivity contribution in [2.24, 2.45) is 7.05 Å². The molecule has 3 heterocycles. The van der Waals surface area contributed by atoms with Gasteiger partial charge in [-0.1, -0.05) is 0 Å². The number of aryl methyl sites for hydroxylation is 1. The van der Waals surface area contributed by atoms with Crippen molar-refractivity contribution in [1.29, 1.82) is 0 Å². The molecule has 1 N–H and O–H groups in total. The van der Waals surface area contributed by atoms with Crippen molar-refractivity contribution < 1.29 is 14.1 Å². The van der Waals surface area contributed by atoms with Crippen molar-refractivity contribution in [2.45, 2.75) is 6.04 Å². The molecule has 1 fully saturated rings. The molecule has 1 atom stereocenters. The topological polar surface area (TPSA) is 106 Å². The Morgan fingerprint density at radius 1 is 1.52 bits per heavy atom. The zero-order valence-electron chi connectivity index (χ0n) is 12.3. The largest absolute Gasteiger partial charge is 0.433 e. The van der Waals surface area contributed by atoms with Gasteiger partial charge in [-0.25, -0.2) is 4.98 Å². The fourth-order valence-corrected chi connectivity index (χ4v) is 2.56. The number of nitro groups is 1. The van der Waals surface area contributed by atoms with Gasteiger partial charge < -0.3 is 19.2 Å². The first-order valence-electron chi connectivity index (χ1n) is 6.81. The molecule has 1 aliphatic heterocycles. The summed E-state index contributed by atoms with van der Waals surface area (Å²) in [6.45, 7) is 1.69. The van der Waals surface area contributed by atoms with E-state index in [9.17, 15) is 14.9 Å². The molecule has 10 heteroatoms. The van der Waals surface area contributed by atoms with Crippen LogP contribution in [0.2, 0.25) is 0 Å². The number of furan rings is 1. The highest BCUT2D eigenvalue weighted by atomic mass is 35.5. The van der Waals surface area contributed by atoms with Crippen LogP contribution in [0.25, 0.3) is 0 Å². The van der Waals surface area contributed by atoms with E-state index in [1.54, 1.807) is 11.1 Å². The lowest BCUT2D eigenvalue weighted by Crippen LogP contribution is -2.49. The van der Waals surface area contributed by atoms with Gasteiger partial charge in [-0.05, 0) is 6.07 Å². The van der Waals surface area contributed by atoms with Gasteiger partial charge >= 0.3 is 5.88 Å². The first-order chi connectivity index (χ1) is 10.6. The van der Waals surface area contributed by atoms with E-state index in [-0.39, 0.29) is 30.1 Å². The Balaban J connectivity index is 0.00000192. The minimum atomic E-state index is -0.662. The van der Waals surface area contributed by atoms with Gasteiger partial charge in [0.15, 0.2) is 5.76 Å². The van der Waals surface area contributed by atoms with Crippen LogP contribution < -0.4 is 5.32 Å².